The average molecular weight is 316 g/mol. The van der Waals surface area contributed by atoms with Crippen LogP contribution in [0, 0.1) is 5.82 Å². The van der Waals surface area contributed by atoms with E-state index in [9.17, 15) is 9.18 Å². The lowest BCUT2D eigenvalue weighted by atomic mass is 10.1. The van der Waals surface area contributed by atoms with E-state index in [-0.39, 0.29) is 5.82 Å². The molecule has 0 aliphatic rings. The Balaban J connectivity index is 2.10. The van der Waals surface area contributed by atoms with Gasteiger partial charge in [-0.05, 0) is 35.1 Å². The zero-order valence-corrected chi connectivity index (χ0v) is 11.8. The van der Waals surface area contributed by atoms with Crippen LogP contribution in [0.1, 0.15) is 4.88 Å². The van der Waals surface area contributed by atoms with Gasteiger partial charge in [0.25, 0.3) is 0 Å². The number of aliphatic carboxylic acids is 1. The van der Waals surface area contributed by atoms with E-state index < -0.39 is 5.97 Å². The number of nitrogens with one attached hydrogen (secondary N) is 1. The summed E-state index contributed by atoms with van der Waals surface area (Å²) >= 11 is 1.36. The number of benzene rings is 1. The van der Waals surface area contributed by atoms with Crippen LogP contribution in [-0.2, 0) is 4.79 Å². The zero-order valence-electron chi connectivity index (χ0n) is 11.0. The summed E-state index contributed by atoms with van der Waals surface area (Å²) < 4.78 is 13.1. The number of nitrogens with zero attached hydrogens (tertiary/aromatic N) is 3. The van der Waals surface area contributed by atoms with Gasteiger partial charge in [0.2, 0.25) is 5.82 Å². The molecule has 0 saturated heterocycles. The van der Waals surface area contributed by atoms with Crippen molar-refractivity contribution in [3.05, 3.63) is 47.1 Å². The second-order valence-electron chi connectivity index (χ2n) is 4.31. The number of halogens is 1. The van der Waals surface area contributed by atoms with Crippen molar-refractivity contribution < 1.29 is 14.3 Å². The minimum atomic E-state index is -1.03. The predicted octanol–water partition coefficient (Wildman–Crippen LogP) is 2.83. The maximum Gasteiger partial charge on any atom is 0.328 e. The molecule has 3 rings (SSSR count). The number of rotatable bonds is 4. The number of aromatic amines is 1. The van der Waals surface area contributed by atoms with Gasteiger partial charge < -0.3 is 5.11 Å². The summed E-state index contributed by atoms with van der Waals surface area (Å²) in [5.74, 6) is -0.962. The maximum absolute atomic E-state index is 13.1. The fourth-order valence-electron chi connectivity index (χ4n) is 1.90. The third kappa shape index (κ3) is 2.91. The van der Waals surface area contributed by atoms with Gasteiger partial charge in [0.15, 0.2) is 0 Å². The van der Waals surface area contributed by atoms with Crippen LogP contribution < -0.4 is 0 Å². The topological polar surface area (TPSA) is 91.8 Å². The van der Waals surface area contributed by atoms with E-state index in [1.165, 1.54) is 29.5 Å². The third-order valence-corrected chi connectivity index (χ3v) is 3.98. The quantitative estimate of drug-likeness (QED) is 0.722. The van der Waals surface area contributed by atoms with Gasteiger partial charge >= 0.3 is 5.97 Å². The van der Waals surface area contributed by atoms with Crippen LogP contribution in [0.5, 0.6) is 0 Å². The van der Waals surface area contributed by atoms with Crippen LogP contribution in [0.2, 0.25) is 0 Å². The van der Waals surface area contributed by atoms with Gasteiger partial charge in [0.05, 0.1) is 0 Å². The monoisotopic (exact) mass is 316 g/mol. The number of carboxylic acids is 1. The van der Waals surface area contributed by atoms with Gasteiger partial charge in [0.1, 0.15) is 5.82 Å². The van der Waals surface area contributed by atoms with E-state index in [0.29, 0.717) is 11.4 Å². The number of aromatic nitrogens is 4. The molecular formula is C14H9FN4O2S. The van der Waals surface area contributed by atoms with E-state index >= 15 is 0 Å². The molecule has 0 bridgehead atoms. The van der Waals surface area contributed by atoms with Crippen LogP contribution in [0.15, 0.2) is 36.4 Å². The summed E-state index contributed by atoms with van der Waals surface area (Å²) in [5, 5.41) is 22.5. The molecular weight excluding hydrogens is 307 g/mol. The lowest BCUT2D eigenvalue weighted by molar-refractivity contribution is -0.131. The third-order valence-electron chi connectivity index (χ3n) is 2.83. The van der Waals surface area contributed by atoms with Gasteiger partial charge in [-0.3, -0.25) is 0 Å². The second kappa shape index (κ2) is 5.86. The molecule has 1 aromatic carbocycles. The van der Waals surface area contributed by atoms with E-state index in [0.717, 1.165) is 21.4 Å². The van der Waals surface area contributed by atoms with Crippen molar-refractivity contribution in [1.82, 2.24) is 20.6 Å². The molecule has 8 heteroatoms. The Morgan fingerprint density at radius 2 is 2.09 bits per heavy atom. The molecule has 0 radical (unpaired) electrons. The average Bonchev–Trinajstić information content (AvgIpc) is 3.15. The van der Waals surface area contributed by atoms with Crippen molar-refractivity contribution >= 4 is 23.4 Å². The summed E-state index contributed by atoms with van der Waals surface area (Å²) in [6, 6.07) is 7.79. The minimum absolute atomic E-state index is 0.326. The van der Waals surface area contributed by atoms with Crippen molar-refractivity contribution in [3.63, 3.8) is 0 Å². The lowest BCUT2D eigenvalue weighted by Gasteiger charge is -2.00. The first kappa shape index (κ1) is 14.1. The number of carboxylic acid groups (broad SMARTS) is 1. The molecule has 0 atom stereocenters. The molecule has 0 saturated carbocycles. The fourth-order valence-corrected chi connectivity index (χ4v) is 2.97. The number of hydrogen-bond acceptors (Lipinski definition) is 5. The molecule has 0 unspecified atom stereocenters. The Morgan fingerprint density at radius 1 is 1.32 bits per heavy atom. The number of tetrazole rings is 1. The van der Waals surface area contributed by atoms with E-state index in [1.807, 2.05) is 0 Å². The van der Waals surface area contributed by atoms with Gasteiger partial charge in [-0.1, -0.05) is 12.1 Å². The highest BCUT2D eigenvalue weighted by atomic mass is 32.1. The number of hydrogen-bond donors (Lipinski definition) is 2. The SMILES string of the molecule is O=C(O)C=Cc1cc(-c2nn[nH]n2)c(-c2ccc(F)cc2)s1. The maximum atomic E-state index is 13.1. The molecule has 2 N–H and O–H groups in total. The highest BCUT2D eigenvalue weighted by molar-refractivity contribution is 7.17. The van der Waals surface area contributed by atoms with Gasteiger partial charge in [-0.2, -0.15) is 5.21 Å². The van der Waals surface area contributed by atoms with Crippen LogP contribution in [-0.4, -0.2) is 31.7 Å². The van der Waals surface area contributed by atoms with Gasteiger partial charge in [0, 0.05) is 21.4 Å². The van der Waals surface area contributed by atoms with E-state index in [2.05, 4.69) is 20.6 Å². The van der Waals surface area contributed by atoms with Crippen molar-refractivity contribution in [2.24, 2.45) is 0 Å². The normalized spacial score (nSPS) is 11.1. The summed E-state index contributed by atoms with van der Waals surface area (Å²) in [6.45, 7) is 0. The molecule has 0 aliphatic carbocycles. The second-order valence-corrected chi connectivity index (χ2v) is 5.39. The van der Waals surface area contributed by atoms with Crippen LogP contribution >= 0.6 is 11.3 Å². The molecule has 3 aromatic rings. The van der Waals surface area contributed by atoms with Crippen molar-refractivity contribution in [2.75, 3.05) is 0 Å². The Bertz CT molecular complexity index is 825. The van der Waals surface area contributed by atoms with E-state index in [4.69, 9.17) is 5.11 Å². The summed E-state index contributed by atoms with van der Waals surface area (Å²) in [7, 11) is 0. The van der Waals surface area contributed by atoms with Gasteiger partial charge in [-0.15, -0.1) is 21.5 Å². The number of carbonyl (C=O) groups is 1. The molecule has 0 fully saturated rings. The fraction of sp³-hybridized carbons (Fsp3) is 0. The van der Waals surface area contributed by atoms with Crippen molar-refractivity contribution in [2.45, 2.75) is 0 Å². The first-order valence-electron chi connectivity index (χ1n) is 6.18. The standard InChI is InChI=1S/C14H9FN4O2S/c15-9-3-1-8(2-4-9)13-11(14-16-18-19-17-14)7-10(22-13)5-6-12(20)21/h1-7H,(H,20,21)(H,16,17,18,19). The Morgan fingerprint density at radius 3 is 2.73 bits per heavy atom. The first-order chi connectivity index (χ1) is 10.6. The van der Waals surface area contributed by atoms with Crippen LogP contribution in [0.25, 0.3) is 27.9 Å². The van der Waals surface area contributed by atoms with Crippen molar-refractivity contribution in [1.29, 1.82) is 0 Å². The lowest BCUT2D eigenvalue weighted by Crippen LogP contribution is -1.84. The molecule has 2 aromatic heterocycles. The number of thiophene rings is 1. The highest BCUT2D eigenvalue weighted by Crippen LogP contribution is 2.38. The van der Waals surface area contributed by atoms with Crippen LogP contribution in [0.4, 0.5) is 4.39 Å². The predicted molar refractivity (Wildman–Crippen MR) is 79.6 cm³/mol. The summed E-state index contributed by atoms with van der Waals surface area (Å²) in [6.07, 6.45) is 2.55. The molecule has 22 heavy (non-hydrogen) atoms. The molecule has 6 nitrogen and oxygen atoms in total. The summed E-state index contributed by atoms with van der Waals surface area (Å²) in [4.78, 5) is 12.2. The van der Waals surface area contributed by atoms with Crippen molar-refractivity contribution in [3.8, 4) is 21.8 Å². The first-order valence-corrected chi connectivity index (χ1v) is 7.00. The Kier molecular flexibility index (Phi) is 3.75. The highest BCUT2D eigenvalue weighted by Gasteiger charge is 2.15. The number of H-pyrrole nitrogens is 1. The summed E-state index contributed by atoms with van der Waals surface area (Å²) in [5.41, 5.74) is 1.50. The van der Waals surface area contributed by atoms with E-state index in [1.54, 1.807) is 18.2 Å². The smallest absolute Gasteiger partial charge is 0.328 e. The Labute approximate surface area is 127 Å². The molecule has 2 heterocycles. The molecule has 0 aliphatic heterocycles. The molecule has 110 valence electrons. The molecule has 0 spiro atoms. The largest absolute Gasteiger partial charge is 0.478 e. The van der Waals surface area contributed by atoms with Gasteiger partial charge in [-0.25, -0.2) is 9.18 Å². The minimum Gasteiger partial charge on any atom is -0.478 e. The van der Waals surface area contributed by atoms with Crippen LogP contribution in [0.3, 0.4) is 0 Å². The molecule has 0 amide bonds. The zero-order chi connectivity index (χ0) is 15.5. The Hall–Kier alpha value is -2.87.